The van der Waals surface area contributed by atoms with Crippen LogP contribution in [0.15, 0.2) is 123 Å². The lowest BCUT2D eigenvalue weighted by molar-refractivity contribution is -0.0756. The maximum atomic E-state index is 11.9. The average Bonchev–Trinajstić information content (AvgIpc) is 3.03. The van der Waals surface area contributed by atoms with Gasteiger partial charge in [0.25, 0.3) is 5.91 Å². The predicted octanol–water partition coefficient (Wildman–Crippen LogP) is 9.95. The molecule has 6 aromatic rings. The van der Waals surface area contributed by atoms with Crippen molar-refractivity contribution in [3.05, 3.63) is 139 Å². The number of hydrogen-bond donors (Lipinski definition) is 1. The molecular weight excluding hydrogens is 754 g/mol. The van der Waals surface area contributed by atoms with Gasteiger partial charge in [-0.2, -0.15) is 0 Å². The molecule has 9 heteroatoms. The first-order valence-electron chi connectivity index (χ1n) is 13.2. The molecule has 0 bridgehead atoms. The third-order valence-corrected chi connectivity index (χ3v) is 8.10. The maximum Gasteiger partial charge on any atom is 0.335 e. The molecule has 6 rings (SSSR count). The first-order valence-corrected chi connectivity index (χ1v) is 15.5. The van der Waals surface area contributed by atoms with Crippen molar-refractivity contribution in [2.24, 2.45) is 0 Å². The van der Waals surface area contributed by atoms with E-state index >= 15 is 0 Å². The molecule has 222 valence electrons. The third-order valence-electron chi connectivity index (χ3n) is 6.62. The number of aldehydes is 1. The number of carboxylic acids is 1. The number of nitrogens with zero attached hydrogens (tertiary/aromatic N) is 1. The zero-order valence-corrected chi connectivity index (χ0v) is 28.4. The van der Waals surface area contributed by atoms with Gasteiger partial charge in [-0.25, -0.2) is 9.86 Å². The summed E-state index contributed by atoms with van der Waals surface area (Å²) >= 11 is 10.2. The highest BCUT2D eigenvalue weighted by Gasteiger charge is 2.11. The summed E-state index contributed by atoms with van der Waals surface area (Å²) in [6.07, 6.45) is 0.863. The van der Waals surface area contributed by atoms with Crippen molar-refractivity contribution < 1.29 is 24.3 Å². The van der Waals surface area contributed by atoms with E-state index in [9.17, 15) is 14.4 Å². The van der Waals surface area contributed by atoms with Crippen molar-refractivity contribution in [3.8, 4) is 0 Å². The topological polar surface area (TPSA) is 83.9 Å². The molecule has 6 aromatic carbocycles. The molecule has 0 fully saturated rings. The minimum atomic E-state index is -0.894. The van der Waals surface area contributed by atoms with Gasteiger partial charge >= 0.3 is 5.97 Å². The van der Waals surface area contributed by atoms with E-state index in [-0.39, 0.29) is 5.91 Å². The van der Waals surface area contributed by atoms with Gasteiger partial charge in [0.15, 0.2) is 0 Å². The summed E-state index contributed by atoms with van der Waals surface area (Å²) in [5, 5.41) is 16.3. The number of rotatable bonds is 4. The molecule has 0 aliphatic heterocycles. The summed E-state index contributed by atoms with van der Waals surface area (Å²) in [4.78, 5) is 38.0. The van der Waals surface area contributed by atoms with Crippen LogP contribution in [-0.2, 0) is 4.84 Å². The zero-order chi connectivity index (χ0) is 31.8. The normalized spacial score (nSPS) is 10.4. The van der Waals surface area contributed by atoms with E-state index in [0.717, 1.165) is 57.6 Å². The highest BCUT2D eigenvalue weighted by atomic mass is 79.9. The van der Waals surface area contributed by atoms with E-state index in [1.54, 1.807) is 25.2 Å². The number of aromatic carboxylic acids is 1. The predicted molar refractivity (Wildman–Crippen MR) is 186 cm³/mol. The van der Waals surface area contributed by atoms with Crippen LogP contribution in [0.2, 0.25) is 0 Å². The van der Waals surface area contributed by atoms with Crippen LogP contribution in [0, 0.1) is 0 Å². The Balaban J connectivity index is 0.000000152. The number of hydrogen-bond acceptors (Lipinski definition) is 4. The molecule has 0 saturated heterocycles. The summed E-state index contributed by atoms with van der Waals surface area (Å²) in [5.74, 6) is -1.05. The van der Waals surface area contributed by atoms with E-state index < -0.39 is 5.97 Å². The van der Waals surface area contributed by atoms with Crippen LogP contribution in [0.3, 0.4) is 0 Å². The monoisotopic (exact) mass is 777 g/mol. The SMILES string of the molecule is CON(C)C(=O)c1ccc2cc(Br)ccc2c1.O=C(O)c1ccc2cc(Br)ccc2c1.O=Cc1ccc2cc(Br)ccc2c1. The Labute approximate surface area is 279 Å². The minimum Gasteiger partial charge on any atom is -0.478 e. The third kappa shape index (κ3) is 8.60. The molecule has 0 aliphatic rings. The van der Waals surface area contributed by atoms with Gasteiger partial charge in [-0.3, -0.25) is 14.4 Å². The second-order valence-corrected chi connectivity index (χ2v) is 12.3. The molecule has 0 aromatic heterocycles. The first kappa shape index (κ1) is 33.0. The summed E-state index contributed by atoms with van der Waals surface area (Å²) in [6, 6.07) is 34.0. The molecular formula is C35H26Br3NO5. The number of benzene rings is 6. The first-order chi connectivity index (χ1) is 21.1. The average molecular weight is 780 g/mol. The Morgan fingerprint density at radius 2 is 1.00 bits per heavy atom. The Morgan fingerprint density at radius 3 is 1.45 bits per heavy atom. The fraction of sp³-hybridized carbons (Fsp3) is 0.0571. The van der Waals surface area contributed by atoms with Gasteiger partial charge in [0.2, 0.25) is 0 Å². The van der Waals surface area contributed by atoms with E-state index in [2.05, 4.69) is 47.8 Å². The van der Waals surface area contributed by atoms with Crippen LogP contribution in [0.1, 0.15) is 31.1 Å². The van der Waals surface area contributed by atoms with Gasteiger partial charge in [0.1, 0.15) is 6.29 Å². The van der Waals surface area contributed by atoms with E-state index in [1.165, 1.54) is 12.2 Å². The molecule has 1 amide bonds. The second-order valence-electron chi connectivity index (χ2n) is 9.57. The molecule has 44 heavy (non-hydrogen) atoms. The van der Waals surface area contributed by atoms with Crippen molar-refractivity contribution in [3.63, 3.8) is 0 Å². The van der Waals surface area contributed by atoms with Crippen molar-refractivity contribution in [2.75, 3.05) is 14.2 Å². The van der Waals surface area contributed by atoms with Crippen LogP contribution in [0.25, 0.3) is 32.3 Å². The Kier molecular flexibility index (Phi) is 11.4. The van der Waals surface area contributed by atoms with Crippen molar-refractivity contribution in [1.82, 2.24) is 5.06 Å². The Morgan fingerprint density at radius 1 is 0.614 bits per heavy atom. The van der Waals surface area contributed by atoms with Crippen LogP contribution in [0.5, 0.6) is 0 Å². The smallest absolute Gasteiger partial charge is 0.335 e. The molecule has 1 N–H and O–H groups in total. The highest BCUT2D eigenvalue weighted by molar-refractivity contribution is 9.11. The van der Waals surface area contributed by atoms with Crippen LogP contribution in [-0.4, -0.2) is 42.5 Å². The number of halogens is 3. The summed E-state index contributed by atoms with van der Waals surface area (Å²) in [5.41, 5.74) is 1.65. The number of fused-ring (bicyclic) bond motifs is 3. The molecule has 0 aliphatic carbocycles. The number of hydroxylamine groups is 2. The zero-order valence-electron chi connectivity index (χ0n) is 23.6. The molecule has 6 nitrogen and oxygen atoms in total. The van der Waals surface area contributed by atoms with Gasteiger partial charge in [0, 0.05) is 31.6 Å². The Bertz CT molecular complexity index is 1990. The Hall–Kier alpha value is -3.89. The van der Waals surface area contributed by atoms with E-state index in [4.69, 9.17) is 9.94 Å². The molecule has 0 atom stereocenters. The fourth-order valence-corrected chi connectivity index (χ4v) is 5.41. The van der Waals surface area contributed by atoms with Gasteiger partial charge in [0.05, 0.1) is 12.7 Å². The van der Waals surface area contributed by atoms with Crippen LogP contribution < -0.4 is 0 Å². The highest BCUT2D eigenvalue weighted by Crippen LogP contribution is 2.23. The molecule has 0 spiro atoms. The van der Waals surface area contributed by atoms with Gasteiger partial charge in [-0.1, -0.05) is 90.3 Å². The second kappa shape index (κ2) is 15.2. The summed E-state index contributed by atoms with van der Waals surface area (Å²) in [6.45, 7) is 0. The molecule has 0 saturated carbocycles. The minimum absolute atomic E-state index is 0.155. The fourth-order valence-electron chi connectivity index (χ4n) is 4.27. The maximum absolute atomic E-state index is 11.9. The van der Waals surface area contributed by atoms with Gasteiger partial charge < -0.3 is 5.11 Å². The van der Waals surface area contributed by atoms with Gasteiger partial charge in [-0.05, 0) is 99.0 Å². The van der Waals surface area contributed by atoms with Gasteiger partial charge in [-0.15, -0.1) is 0 Å². The largest absolute Gasteiger partial charge is 0.478 e. The molecule has 0 heterocycles. The number of carbonyl (C=O) groups is 3. The van der Waals surface area contributed by atoms with Crippen LogP contribution in [0.4, 0.5) is 0 Å². The lowest BCUT2D eigenvalue weighted by Crippen LogP contribution is -2.25. The van der Waals surface area contributed by atoms with E-state index in [0.29, 0.717) is 11.1 Å². The molecule has 0 unspecified atom stereocenters. The van der Waals surface area contributed by atoms with Crippen molar-refractivity contribution >= 4 is 98.3 Å². The number of carboxylic acid groups (broad SMARTS) is 1. The van der Waals surface area contributed by atoms with Crippen LogP contribution >= 0.6 is 47.8 Å². The lowest BCUT2D eigenvalue weighted by Gasteiger charge is -2.13. The van der Waals surface area contributed by atoms with Crippen molar-refractivity contribution in [2.45, 2.75) is 0 Å². The standard InChI is InChI=1S/C13H12BrNO2.C11H7BrO2.C11H7BrO/c1-15(17-2)13(16)11-4-3-10-8-12(14)6-5-9(10)7-11;12-10-4-3-7-5-9(11(13)14)2-1-8(7)6-10;12-11-4-3-9-5-8(7-13)1-2-10(9)6-11/h3-8H,1-2H3;1-6H,(H,13,14);1-7H. The summed E-state index contributed by atoms with van der Waals surface area (Å²) < 4.78 is 3.07. The lowest BCUT2D eigenvalue weighted by atomic mass is 10.1. The molecule has 0 radical (unpaired) electrons. The number of carbonyl (C=O) groups excluding carboxylic acids is 2. The summed E-state index contributed by atoms with van der Waals surface area (Å²) in [7, 11) is 3.06. The number of amides is 1. The quantitative estimate of drug-likeness (QED) is 0.142. The van der Waals surface area contributed by atoms with Crippen molar-refractivity contribution in [1.29, 1.82) is 0 Å². The van der Waals surface area contributed by atoms with E-state index in [1.807, 2.05) is 91.0 Å².